The summed E-state index contributed by atoms with van der Waals surface area (Å²) in [7, 11) is 0. The van der Waals surface area contributed by atoms with E-state index in [1.165, 1.54) is 11.1 Å². The lowest BCUT2D eigenvalue weighted by molar-refractivity contribution is -0.107. The first kappa shape index (κ1) is 15.3. The third kappa shape index (κ3) is 5.42. The van der Waals surface area contributed by atoms with Crippen LogP contribution in [0.15, 0.2) is 54.6 Å². The molecular formula is C19H22O2. The number of hydrogen-bond acceptors (Lipinski definition) is 2. The number of unbranched alkanes of at least 4 members (excludes halogenated alkanes) is 4. The number of hydrogen-bond donors (Lipinski definition) is 0. The molecule has 2 aromatic rings. The van der Waals surface area contributed by atoms with Gasteiger partial charge in [-0.3, -0.25) is 0 Å². The van der Waals surface area contributed by atoms with E-state index in [1.54, 1.807) is 0 Å². The molecule has 0 aliphatic heterocycles. The van der Waals surface area contributed by atoms with Crippen LogP contribution in [0.1, 0.15) is 32.1 Å². The molecule has 2 aromatic carbocycles. The molecule has 110 valence electrons. The van der Waals surface area contributed by atoms with E-state index in [9.17, 15) is 4.79 Å². The Kier molecular flexibility index (Phi) is 6.53. The second-order valence-electron chi connectivity index (χ2n) is 5.11. The monoisotopic (exact) mass is 282 g/mol. The van der Waals surface area contributed by atoms with E-state index in [0.29, 0.717) is 6.42 Å². The molecule has 21 heavy (non-hydrogen) atoms. The Morgan fingerprint density at radius 1 is 0.810 bits per heavy atom. The van der Waals surface area contributed by atoms with Crippen molar-refractivity contribution in [3.05, 3.63) is 54.6 Å². The molecule has 0 saturated carbocycles. The summed E-state index contributed by atoms with van der Waals surface area (Å²) in [6.07, 6.45) is 5.92. The lowest BCUT2D eigenvalue weighted by atomic mass is 10.1. The van der Waals surface area contributed by atoms with Crippen LogP contribution in [0.4, 0.5) is 0 Å². The van der Waals surface area contributed by atoms with Crippen LogP contribution in [0, 0.1) is 0 Å². The van der Waals surface area contributed by atoms with Crippen molar-refractivity contribution in [1.82, 2.24) is 0 Å². The predicted octanol–water partition coefficient (Wildman–Crippen LogP) is 4.88. The maximum absolute atomic E-state index is 10.2. The Morgan fingerprint density at radius 3 is 2.38 bits per heavy atom. The molecule has 0 bridgehead atoms. The normalized spacial score (nSPS) is 10.3. The van der Waals surface area contributed by atoms with Gasteiger partial charge < -0.3 is 9.53 Å². The molecule has 0 aromatic heterocycles. The van der Waals surface area contributed by atoms with Gasteiger partial charge in [0.15, 0.2) is 0 Å². The van der Waals surface area contributed by atoms with Crippen LogP contribution in [0.25, 0.3) is 11.1 Å². The van der Waals surface area contributed by atoms with Gasteiger partial charge in [0.05, 0.1) is 6.61 Å². The van der Waals surface area contributed by atoms with Gasteiger partial charge in [0.25, 0.3) is 0 Å². The zero-order chi connectivity index (χ0) is 14.8. The van der Waals surface area contributed by atoms with Crippen LogP contribution >= 0.6 is 0 Å². The third-order valence-electron chi connectivity index (χ3n) is 3.43. The lowest BCUT2D eigenvalue weighted by Crippen LogP contribution is -1.97. The Labute approximate surface area is 126 Å². The molecule has 0 atom stereocenters. The number of ether oxygens (including phenoxy) is 1. The fourth-order valence-corrected chi connectivity index (χ4v) is 2.27. The quantitative estimate of drug-likeness (QED) is 0.484. The van der Waals surface area contributed by atoms with Gasteiger partial charge in [-0.1, -0.05) is 55.3 Å². The highest BCUT2D eigenvalue weighted by atomic mass is 16.5. The first-order valence-corrected chi connectivity index (χ1v) is 7.62. The van der Waals surface area contributed by atoms with Gasteiger partial charge in [0, 0.05) is 6.42 Å². The van der Waals surface area contributed by atoms with E-state index in [0.717, 1.165) is 44.3 Å². The average molecular weight is 282 g/mol. The summed E-state index contributed by atoms with van der Waals surface area (Å²) in [5, 5.41) is 0. The highest BCUT2D eigenvalue weighted by molar-refractivity contribution is 5.64. The molecular weight excluding hydrogens is 260 g/mol. The van der Waals surface area contributed by atoms with Crippen molar-refractivity contribution >= 4 is 6.29 Å². The van der Waals surface area contributed by atoms with Gasteiger partial charge in [-0.15, -0.1) is 0 Å². The van der Waals surface area contributed by atoms with Crippen molar-refractivity contribution in [2.75, 3.05) is 6.61 Å². The number of aldehydes is 1. The lowest BCUT2D eigenvalue weighted by Gasteiger charge is -2.08. The summed E-state index contributed by atoms with van der Waals surface area (Å²) in [5.74, 6) is 0.921. The highest BCUT2D eigenvalue weighted by Crippen LogP contribution is 2.23. The number of benzene rings is 2. The van der Waals surface area contributed by atoms with Crippen molar-refractivity contribution in [2.45, 2.75) is 32.1 Å². The molecule has 2 heteroatoms. The molecule has 0 radical (unpaired) electrons. The van der Waals surface area contributed by atoms with Gasteiger partial charge in [-0.05, 0) is 36.1 Å². The number of carbonyl (C=O) groups excluding carboxylic acids is 1. The average Bonchev–Trinajstić information content (AvgIpc) is 2.55. The van der Waals surface area contributed by atoms with Crippen LogP contribution in [-0.2, 0) is 4.79 Å². The summed E-state index contributed by atoms with van der Waals surface area (Å²) in [6.45, 7) is 0.735. The molecule has 0 unspecified atom stereocenters. The summed E-state index contributed by atoms with van der Waals surface area (Å²) >= 11 is 0. The van der Waals surface area contributed by atoms with Crippen LogP contribution in [-0.4, -0.2) is 12.9 Å². The van der Waals surface area contributed by atoms with Crippen molar-refractivity contribution in [3.8, 4) is 16.9 Å². The van der Waals surface area contributed by atoms with Gasteiger partial charge in [0.1, 0.15) is 12.0 Å². The number of rotatable bonds is 9. The molecule has 2 nitrogen and oxygen atoms in total. The Balaban J connectivity index is 1.78. The predicted molar refractivity (Wildman–Crippen MR) is 86.5 cm³/mol. The molecule has 0 aliphatic rings. The van der Waals surface area contributed by atoms with Gasteiger partial charge in [-0.25, -0.2) is 0 Å². The molecule has 0 fully saturated rings. The van der Waals surface area contributed by atoms with E-state index < -0.39 is 0 Å². The fourth-order valence-electron chi connectivity index (χ4n) is 2.27. The van der Waals surface area contributed by atoms with E-state index in [2.05, 4.69) is 24.3 Å². The number of carbonyl (C=O) groups is 1. The van der Waals surface area contributed by atoms with E-state index in [4.69, 9.17) is 4.74 Å². The van der Waals surface area contributed by atoms with Crippen molar-refractivity contribution in [1.29, 1.82) is 0 Å². The van der Waals surface area contributed by atoms with Crippen LogP contribution < -0.4 is 4.74 Å². The molecule has 0 amide bonds. The zero-order valence-electron chi connectivity index (χ0n) is 12.3. The van der Waals surface area contributed by atoms with E-state index in [-0.39, 0.29) is 0 Å². The smallest absolute Gasteiger partial charge is 0.119 e. The fraction of sp³-hybridized carbons (Fsp3) is 0.316. The molecule has 0 N–H and O–H groups in total. The molecule has 0 saturated heterocycles. The van der Waals surface area contributed by atoms with Gasteiger partial charge in [0.2, 0.25) is 0 Å². The van der Waals surface area contributed by atoms with E-state index >= 15 is 0 Å². The van der Waals surface area contributed by atoms with Crippen molar-refractivity contribution in [2.24, 2.45) is 0 Å². The summed E-state index contributed by atoms with van der Waals surface area (Å²) in [5.41, 5.74) is 2.39. The largest absolute Gasteiger partial charge is 0.494 e. The Bertz CT molecular complexity index is 534. The SMILES string of the molecule is O=CCCCCCCOc1cccc(-c2ccccc2)c1. The summed E-state index contributed by atoms with van der Waals surface area (Å²) in [4.78, 5) is 10.2. The maximum atomic E-state index is 10.2. The minimum absolute atomic E-state index is 0.681. The minimum Gasteiger partial charge on any atom is -0.494 e. The second kappa shape index (κ2) is 8.96. The summed E-state index contributed by atoms with van der Waals surface area (Å²) < 4.78 is 5.81. The third-order valence-corrected chi connectivity index (χ3v) is 3.43. The van der Waals surface area contributed by atoms with Crippen LogP contribution in [0.3, 0.4) is 0 Å². The van der Waals surface area contributed by atoms with Crippen LogP contribution in [0.5, 0.6) is 5.75 Å². The maximum Gasteiger partial charge on any atom is 0.119 e. The van der Waals surface area contributed by atoms with Gasteiger partial charge in [-0.2, -0.15) is 0 Å². The first-order chi connectivity index (χ1) is 10.4. The molecule has 0 aliphatic carbocycles. The minimum atomic E-state index is 0.681. The summed E-state index contributed by atoms with van der Waals surface area (Å²) in [6, 6.07) is 18.5. The van der Waals surface area contributed by atoms with E-state index in [1.807, 2.05) is 30.3 Å². The molecule has 0 spiro atoms. The van der Waals surface area contributed by atoms with Crippen molar-refractivity contribution in [3.63, 3.8) is 0 Å². The van der Waals surface area contributed by atoms with Crippen molar-refractivity contribution < 1.29 is 9.53 Å². The molecule has 2 rings (SSSR count). The zero-order valence-corrected chi connectivity index (χ0v) is 12.3. The molecule has 0 heterocycles. The topological polar surface area (TPSA) is 26.3 Å². The Morgan fingerprint density at radius 2 is 1.57 bits per heavy atom. The Hall–Kier alpha value is -2.09. The van der Waals surface area contributed by atoms with Gasteiger partial charge >= 0.3 is 0 Å². The highest BCUT2D eigenvalue weighted by Gasteiger charge is 1.99. The second-order valence-corrected chi connectivity index (χ2v) is 5.11. The van der Waals surface area contributed by atoms with Crippen LogP contribution in [0.2, 0.25) is 0 Å². The standard InChI is InChI=1S/C19H22O2/c20-14-7-2-1-3-8-15-21-19-13-9-12-18(16-19)17-10-5-4-6-11-17/h4-6,9-14,16H,1-3,7-8,15H2. The first-order valence-electron chi connectivity index (χ1n) is 7.62.